The molecule has 1 heterocycles. The molecule has 7 aromatic rings. The summed E-state index contributed by atoms with van der Waals surface area (Å²) in [5, 5.41) is 1.15. The van der Waals surface area contributed by atoms with E-state index in [1.165, 1.54) is 5.56 Å². The third kappa shape index (κ3) is 7.87. The van der Waals surface area contributed by atoms with Crippen molar-refractivity contribution in [3.8, 4) is 0 Å². The average molecular weight is 983 g/mol. The zero-order valence-electron chi connectivity index (χ0n) is 34.1. The molecule has 0 aliphatic rings. The number of benzene rings is 6. The number of rotatable bonds is 7. The van der Waals surface area contributed by atoms with Crippen LogP contribution in [0.4, 0.5) is 87.8 Å². The Morgan fingerprint density at radius 2 is 0.662 bits per heavy atom. The molecule has 0 saturated carbocycles. The smallest absolute Gasteiger partial charge is 0.249 e. The fraction of sp³-hybridized carbons (Fsp3) is 0.111. The molecule has 0 bridgehead atoms. The Labute approximate surface area is 368 Å². The van der Waals surface area contributed by atoms with E-state index in [1.54, 1.807) is 0 Å². The molecule has 0 saturated heterocycles. The molecular formula is C45H22BF20NO. The van der Waals surface area contributed by atoms with Gasteiger partial charge in [-0.05, 0) is 12.1 Å². The highest BCUT2D eigenvalue weighted by Gasteiger charge is 2.52. The first kappa shape index (κ1) is 50.5. The van der Waals surface area contributed by atoms with Gasteiger partial charge >= 0.3 is 0 Å². The Hall–Kier alpha value is -6.94. The second kappa shape index (κ2) is 18.3. The van der Waals surface area contributed by atoms with Crippen molar-refractivity contribution in [1.82, 2.24) is 0 Å². The minimum absolute atomic E-state index is 0.166. The molecule has 68 heavy (non-hydrogen) atoms. The van der Waals surface area contributed by atoms with Crippen LogP contribution in [-0.2, 0) is 6.54 Å². The molecule has 2 nitrogen and oxygen atoms in total. The van der Waals surface area contributed by atoms with E-state index >= 15 is 35.1 Å². The summed E-state index contributed by atoms with van der Waals surface area (Å²) < 4.78 is 296. The molecule has 0 amide bonds. The number of carbonyl (C=O) groups excluding carboxylic acids is 1. The average Bonchev–Trinajstić information content (AvgIpc) is 3.31. The quantitative estimate of drug-likeness (QED) is 0.0389. The van der Waals surface area contributed by atoms with Gasteiger partial charge in [-0.25, -0.2) is 87.8 Å². The first-order valence-electron chi connectivity index (χ1n) is 18.9. The van der Waals surface area contributed by atoms with E-state index < -0.39 is 150 Å². The van der Waals surface area contributed by atoms with E-state index in [1.807, 2.05) is 63.2 Å². The summed E-state index contributed by atoms with van der Waals surface area (Å²) >= 11 is 0. The number of fused-ring (bicyclic) bond motifs is 1. The summed E-state index contributed by atoms with van der Waals surface area (Å²) in [6.07, 6.45) is -7.22. The fourth-order valence-corrected chi connectivity index (χ4v) is 7.66. The van der Waals surface area contributed by atoms with E-state index in [9.17, 15) is 57.5 Å². The molecule has 23 heteroatoms. The van der Waals surface area contributed by atoms with Crippen LogP contribution in [0.2, 0.25) is 0 Å². The van der Waals surface area contributed by atoms with Crippen LogP contribution >= 0.6 is 0 Å². The zero-order chi connectivity index (χ0) is 50.8. The SMILES string of the molecule is CC(C)(C)C(=O)c1ccc2ccccc2[n+]1Cc1ccccc1.Fc1c(F)c(F)c([B-](c2c(F)c(F)c(F)c(F)c2F)(c2c(F)c(F)c(F)c(F)c2F)c2c(F)c(F)c(F)c(F)c2F)c(F)c1F. The second-order valence-corrected chi connectivity index (χ2v) is 15.7. The van der Waals surface area contributed by atoms with Gasteiger partial charge in [0.2, 0.25) is 17.0 Å². The zero-order valence-corrected chi connectivity index (χ0v) is 34.1. The molecule has 356 valence electrons. The number of ketones is 1. The van der Waals surface area contributed by atoms with Crippen LogP contribution in [0.25, 0.3) is 10.9 Å². The van der Waals surface area contributed by atoms with Crippen LogP contribution in [0.3, 0.4) is 0 Å². The van der Waals surface area contributed by atoms with E-state index in [4.69, 9.17) is 0 Å². The number of Topliss-reactive ketones (excluding diaryl/α,β-unsaturated/α-hetero) is 1. The van der Waals surface area contributed by atoms with E-state index in [0.717, 1.165) is 16.6 Å². The summed E-state index contributed by atoms with van der Waals surface area (Å²) in [6.45, 7) is 6.60. The number of para-hydroxylation sites is 1. The summed E-state index contributed by atoms with van der Waals surface area (Å²) in [7, 11) is 0. The lowest BCUT2D eigenvalue weighted by molar-refractivity contribution is -0.664. The highest BCUT2D eigenvalue weighted by molar-refractivity contribution is 7.20. The lowest BCUT2D eigenvalue weighted by Crippen LogP contribution is -2.81. The monoisotopic (exact) mass is 983 g/mol. The van der Waals surface area contributed by atoms with Crippen LogP contribution in [0.1, 0.15) is 36.8 Å². The molecule has 0 aliphatic carbocycles. The van der Waals surface area contributed by atoms with Crippen molar-refractivity contribution in [3.63, 3.8) is 0 Å². The van der Waals surface area contributed by atoms with Gasteiger partial charge in [0.05, 0.1) is 0 Å². The minimum atomic E-state index is -7.22. The third-order valence-electron chi connectivity index (χ3n) is 10.7. The molecule has 0 unspecified atom stereocenters. The van der Waals surface area contributed by atoms with Gasteiger partial charge in [0.15, 0.2) is 76.4 Å². The van der Waals surface area contributed by atoms with Crippen molar-refractivity contribution >= 4 is 44.7 Å². The molecule has 0 fully saturated rings. The van der Waals surface area contributed by atoms with Gasteiger partial charge in [0.1, 0.15) is 52.7 Å². The van der Waals surface area contributed by atoms with Crippen molar-refractivity contribution < 1.29 is 97.2 Å². The molecule has 6 aromatic carbocycles. The van der Waals surface area contributed by atoms with Gasteiger partial charge in [-0.3, -0.25) is 4.79 Å². The molecule has 0 N–H and O–H groups in total. The number of nitrogens with zero attached hydrogens (tertiary/aromatic N) is 1. The summed E-state index contributed by atoms with van der Waals surface area (Å²) in [5.41, 5.74) is -11.7. The van der Waals surface area contributed by atoms with Crippen molar-refractivity contribution in [2.75, 3.05) is 0 Å². The standard InChI is InChI=1S/C24BF20.C21H22NO/c26-5-1(6(27)14(35)21(42)13(5)34)25(2-7(28)15(36)22(43)16(37)8(2)29,3-9(30)17(38)23(44)18(39)10(3)31)4-11(32)19(40)24(45)20(41)12(4)33;1-21(2,3)20(23)19-14-13-17-11-7-8-12-18(17)22(19)15-16-9-5-4-6-10-16/h;4-14H,15H2,1-3H3/q-1;+1. The Kier molecular flexibility index (Phi) is 13.6. The number of hydrogen-bond donors (Lipinski definition) is 0. The second-order valence-electron chi connectivity index (χ2n) is 15.7. The van der Waals surface area contributed by atoms with Crippen molar-refractivity contribution in [3.05, 3.63) is 194 Å². The molecule has 0 spiro atoms. The maximum Gasteiger partial charge on any atom is 0.249 e. The first-order chi connectivity index (χ1) is 31.7. The molecular weight excluding hydrogens is 961 g/mol. The highest BCUT2D eigenvalue weighted by Crippen LogP contribution is 2.31. The van der Waals surface area contributed by atoms with Crippen molar-refractivity contribution in [1.29, 1.82) is 0 Å². The first-order valence-corrected chi connectivity index (χ1v) is 18.9. The minimum Gasteiger partial charge on any atom is -0.287 e. The normalized spacial score (nSPS) is 11.9. The largest absolute Gasteiger partial charge is 0.287 e. The molecule has 1 aromatic heterocycles. The van der Waals surface area contributed by atoms with Crippen LogP contribution in [0.5, 0.6) is 0 Å². The number of carbonyl (C=O) groups is 1. The van der Waals surface area contributed by atoms with Crippen LogP contribution in [-0.4, -0.2) is 11.9 Å². The number of pyridine rings is 1. The predicted molar refractivity (Wildman–Crippen MR) is 203 cm³/mol. The van der Waals surface area contributed by atoms with Gasteiger partial charge in [-0.15, -0.1) is 21.9 Å². The van der Waals surface area contributed by atoms with Crippen LogP contribution in [0.15, 0.2) is 66.7 Å². The maximum absolute atomic E-state index is 15.4. The predicted octanol–water partition coefficient (Wildman–Crippen LogP) is 10.3. The summed E-state index contributed by atoms with van der Waals surface area (Å²) in [4.78, 5) is 12.9. The molecule has 7 rings (SSSR count). The number of hydrogen-bond acceptors (Lipinski definition) is 1. The Bertz CT molecular complexity index is 2830. The molecule has 0 radical (unpaired) electrons. The van der Waals surface area contributed by atoms with Gasteiger partial charge in [-0.2, -0.15) is 4.57 Å². The highest BCUT2D eigenvalue weighted by atomic mass is 19.2. The van der Waals surface area contributed by atoms with Gasteiger partial charge in [0.25, 0.3) is 0 Å². The fourth-order valence-electron chi connectivity index (χ4n) is 7.66. The molecule has 0 aliphatic heterocycles. The van der Waals surface area contributed by atoms with Crippen molar-refractivity contribution in [2.24, 2.45) is 5.41 Å². The lowest BCUT2D eigenvalue weighted by Gasteiger charge is -2.44. The van der Waals surface area contributed by atoms with Crippen LogP contribution in [0, 0.1) is 122 Å². The van der Waals surface area contributed by atoms with Gasteiger partial charge in [0, 0.05) is 28.5 Å². The topological polar surface area (TPSA) is 20.9 Å². The molecule has 0 atom stereocenters. The van der Waals surface area contributed by atoms with E-state index in [-0.39, 0.29) is 5.78 Å². The third-order valence-corrected chi connectivity index (χ3v) is 10.7. The lowest BCUT2D eigenvalue weighted by atomic mass is 9.12. The van der Waals surface area contributed by atoms with Crippen LogP contribution < -0.4 is 26.4 Å². The Morgan fingerprint density at radius 3 is 0.971 bits per heavy atom. The van der Waals surface area contributed by atoms with Gasteiger partial charge < -0.3 is 0 Å². The maximum atomic E-state index is 15.4. The Balaban J connectivity index is 0.000000276. The van der Waals surface area contributed by atoms with Crippen molar-refractivity contribution in [2.45, 2.75) is 27.3 Å². The number of halogens is 20. The summed E-state index contributed by atoms with van der Waals surface area (Å²) in [5.74, 6) is -71.2. The summed E-state index contributed by atoms with van der Waals surface area (Å²) in [6, 6.07) is 22.5. The van der Waals surface area contributed by atoms with E-state index in [0.29, 0.717) is 6.54 Å². The Morgan fingerprint density at radius 1 is 0.382 bits per heavy atom. The van der Waals surface area contributed by atoms with Gasteiger partial charge in [-0.1, -0.05) is 63.2 Å². The number of aromatic nitrogens is 1. The van der Waals surface area contributed by atoms with E-state index in [2.05, 4.69) is 28.8 Å².